The Bertz CT molecular complexity index is 5700. The van der Waals surface area contributed by atoms with Crippen LogP contribution >= 0.6 is 0 Å². The van der Waals surface area contributed by atoms with Crippen molar-refractivity contribution in [2.24, 2.45) is 57.8 Å². The molecule has 0 spiro atoms. The van der Waals surface area contributed by atoms with Gasteiger partial charge in [-0.3, -0.25) is 0 Å². The summed E-state index contributed by atoms with van der Waals surface area (Å²) in [5.74, 6) is 1.22. The van der Waals surface area contributed by atoms with Crippen LogP contribution in [0.5, 0.6) is 0 Å². The van der Waals surface area contributed by atoms with Crippen LogP contribution in [0, 0.1) is 105 Å². The summed E-state index contributed by atoms with van der Waals surface area (Å²) in [5.41, 5.74) is 28.7. The lowest BCUT2D eigenvalue weighted by Crippen LogP contribution is -2.32. The molecule has 586 valence electrons. The molecule has 4 nitrogen and oxygen atoms in total. The van der Waals surface area contributed by atoms with Gasteiger partial charge in [-0.05, 0) is 273 Å². The second kappa shape index (κ2) is 41.6. The van der Waals surface area contributed by atoms with Gasteiger partial charge in [0.2, 0.25) is 22.8 Å². The predicted molar refractivity (Wildman–Crippen MR) is 486 cm³/mol. The van der Waals surface area contributed by atoms with Crippen molar-refractivity contribution in [3.05, 3.63) is 308 Å². The van der Waals surface area contributed by atoms with Crippen molar-refractivity contribution < 1.29 is 40.2 Å². The van der Waals surface area contributed by atoms with E-state index in [9.17, 15) is 0 Å². The van der Waals surface area contributed by atoms with E-state index in [0.717, 1.165) is 80.7 Å². The predicted octanol–water partition coefficient (Wildman–Crippen LogP) is 27.3. The lowest BCUT2D eigenvalue weighted by Gasteiger charge is -2.16. The molecule has 4 heteroatoms. The summed E-state index contributed by atoms with van der Waals surface area (Å²) in [6, 6.07) is 63.5. The Morgan fingerprint density at radius 1 is 0.243 bits per heavy atom. The molecule has 4 aromatic heterocycles. The Morgan fingerprint density at radius 2 is 0.505 bits per heavy atom. The third-order valence-corrected chi connectivity index (χ3v) is 19.7. The van der Waals surface area contributed by atoms with E-state index in [4.69, 9.17) is 21.9 Å². The zero-order valence-electron chi connectivity index (χ0n) is 83.6. The number of hydrogen-bond donors (Lipinski definition) is 0. The van der Waals surface area contributed by atoms with Gasteiger partial charge in [0.1, 0.15) is 28.2 Å². The van der Waals surface area contributed by atoms with Gasteiger partial charge in [0.05, 0.1) is 0 Å². The fourth-order valence-electron chi connectivity index (χ4n) is 14.4. The molecule has 0 saturated heterocycles. The Kier molecular flexibility index (Phi) is 26.0. The van der Waals surface area contributed by atoms with Crippen molar-refractivity contribution >= 4 is 0 Å². The van der Waals surface area contributed by atoms with Crippen molar-refractivity contribution in [3.63, 3.8) is 0 Å². The van der Waals surface area contributed by atoms with Crippen molar-refractivity contribution in [1.82, 2.24) is 0 Å². The zero-order valence-corrected chi connectivity index (χ0v) is 67.6. The van der Waals surface area contributed by atoms with Gasteiger partial charge in [0.15, 0.2) is 24.8 Å². The van der Waals surface area contributed by atoms with Gasteiger partial charge in [-0.1, -0.05) is 245 Å². The van der Waals surface area contributed by atoms with Gasteiger partial charge < -0.3 is 0 Å². The van der Waals surface area contributed by atoms with Gasteiger partial charge in [-0.25, -0.2) is 18.3 Å². The number of aryl methyl sites for hydroxylation is 15. The van der Waals surface area contributed by atoms with E-state index in [0.29, 0.717) is 62.4 Å². The minimum absolute atomic E-state index is 0. The summed E-state index contributed by atoms with van der Waals surface area (Å²) in [7, 11) is 7.88. The van der Waals surface area contributed by atoms with Gasteiger partial charge in [-0.2, -0.15) is 0 Å². The number of benzene rings is 8. The van der Waals surface area contributed by atoms with Gasteiger partial charge in [0, 0.05) is 90.7 Å². The van der Waals surface area contributed by atoms with E-state index < -0.39 is 46.1 Å². The van der Waals surface area contributed by atoms with Crippen LogP contribution in [0.3, 0.4) is 0 Å². The summed E-state index contributed by atoms with van der Waals surface area (Å²) in [5, 5.41) is 0. The highest BCUT2D eigenvalue weighted by Crippen LogP contribution is 2.37. The fourth-order valence-corrected chi connectivity index (χ4v) is 14.4. The van der Waals surface area contributed by atoms with Gasteiger partial charge in [-0.15, -0.1) is 0 Å². The maximum atomic E-state index is 8.65. The highest BCUT2D eigenvalue weighted by molar-refractivity contribution is 5.80. The summed E-state index contributed by atoms with van der Waals surface area (Å²) in [6.07, 6.45) is 7.78. The quantitative estimate of drug-likeness (QED) is 0.0761. The van der Waals surface area contributed by atoms with Gasteiger partial charge >= 0.3 is 0 Å². The van der Waals surface area contributed by atoms with Crippen molar-refractivity contribution in [3.8, 4) is 89.5 Å². The molecule has 111 heavy (non-hydrogen) atoms. The number of rotatable bonds is 18. The summed E-state index contributed by atoms with van der Waals surface area (Å²) in [6.45, 7) is 26.0. The summed E-state index contributed by atoms with van der Waals surface area (Å²) in [4.78, 5) is 0. The smallest absolute Gasteiger partial charge is 0.201 e. The van der Waals surface area contributed by atoms with E-state index in [1.54, 1.807) is 43.7 Å². The summed E-state index contributed by atoms with van der Waals surface area (Å²) < 4.78 is 139. The Hall–Kier alpha value is -9.64. The van der Waals surface area contributed by atoms with Crippen molar-refractivity contribution in [1.29, 1.82) is 0 Å². The highest BCUT2D eigenvalue weighted by atomic mass is 14.9. The molecule has 0 unspecified atom stereocenters. The van der Waals surface area contributed by atoms with E-state index in [2.05, 4.69) is 159 Å². The summed E-state index contributed by atoms with van der Waals surface area (Å²) >= 11 is 0. The van der Waals surface area contributed by atoms with Crippen LogP contribution in [0.1, 0.15) is 210 Å². The molecule has 0 bridgehead atoms. The molecule has 4 heterocycles. The van der Waals surface area contributed by atoms with Crippen molar-refractivity contribution in [2.45, 2.75) is 207 Å². The maximum Gasteiger partial charge on any atom is 0.212 e. The van der Waals surface area contributed by atoms with E-state index >= 15 is 0 Å². The fraction of sp³-hybridized carbons (Fsp3) is 0.364. The van der Waals surface area contributed by atoms with E-state index in [1.165, 1.54) is 62.0 Å². The number of pyridine rings is 4. The Labute approximate surface area is 699 Å². The molecule has 0 radical (unpaired) electrons. The van der Waals surface area contributed by atoms with Crippen LogP contribution < -0.4 is 18.3 Å². The number of nitrogens with zero attached hydrogens (tertiary/aromatic N) is 4. The molecule has 0 amide bonds. The van der Waals surface area contributed by atoms with Gasteiger partial charge in [0.25, 0.3) is 0 Å². The first-order chi connectivity index (χ1) is 57.2. The minimum Gasteiger partial charge on any atom is -0.201 e. The van der Waals surface area contributed by atoms with E-state index in [-0.39, 0.29) is 52.3 Å². The van der Waals surface area contributed by atoms with Crippen LogP contribution in [0.25, 0.3) is 89.5 Å². The average Bonchev–Trinajstić information content (AvgIpc) is 0.754. The Morgan fingerprint density at radius 3 is 0.847 bits per heavy atom. The number of hydrogen-bond acceptors (Lipinski definition) is 0. The molecule has 12 aromatic rings. The molecule has 0 aliphatic heterocycles. The first-order valence-corrected chi connectivity index (χ1v) is 38.1. The van der Waals surface area contributed by atoms with Crippen LogP contribution in [0.2, 0.25) is 0 Å². The second-order valence-corrected chi connectivity index (χ2v) is 31.2. The van der Waals surface area contributed by atoms with Crippen molar-refractivity contribution in [2.75, 3.05) is 0 Å². The highest BCUT2D eigenvalue weighted by Gasteiger charge is 2.25. The topological polar surface area (TPSA) is 15.5 Å². The molecule has 0 N–H and O–H groups in total. The SMILES string of the molecule is C.C.C.C.Cc1c[n+](C)c(-c2cc(-c3ccccc3)c(C)cc2C)cc1CC(C)C.[2H]C([2H])([2H])c1cc(C)c(-c2cc(C([2H])([2H])C(C)C)c(C([2H])([2H])[2H])c[n+]2C)cc1-c1ccccc1.[2H]C([2H])([2H])c1cc(C)c(-c2cc(C)c(C([2H])([2H])C(C)C)c[n+]2C)cc1-c1ccccc1.[2H]C([2H])([2H])c1cc(C)c(-c2cc(CC(C)C)c(CC(C)C)c[n+]2C)cc1-c1ccccc1. The second-order valence-electron chi connectivity index (χ2n) is 31.2. The lowest BCUT2D eigenvalue weighted by atomic mass is 9.90. The first kappa shape index (κ1) is 69.3. The van der Waals surface area contributed by atoms with Crippen LogP contribution in [-0.4, -0.2) is 0 Å². The lowest BCUT2D eigenvalue weighted by molar-refractivity contribution is -0.661. The number of aromatic nitrogens is 4. The third-order valence-electron chi connectivity index (χ3n) is 19.7. The molecule has 8 aromatic carbocycles. The largest absolute Gasteiger partial charge is 0.212 e. The molecule has 0 aliphatic carbocycles. The average molecular weight is 1500 g/mol. The minimum atomic E-state index is -2.48. The third kappa shape index (κ3) is 23.7. The van der Waals surface area contributed by atoms with E-state index in [1.807, 2.05) is 175 Å². The first-order valence-electron chi connectivity index (χ1n) is 46.1. The normalized spacial score (nSPS) is 13.7. The molecule has 0 saturated carbocycles. The molecular weight excluding hydrogens is 1340 g/mol. The zero-order chi connectivity index (χ0) is 91.2. The monoisotopic (exact) mass is 1500 g/mol. The van der Waals surface area contributed by atoms with Crippen LogP contribution in [0.4, 0.5) is 0 Å². The Balaban J connectivity index is 0.000000298. The molecule has 0 atom stereocenters. The van der Waals surface area contributed by atoms with Crippen LogP contribution in [0.15, 0.2) is 219 Å². The maximum absolute atomic E-state index is 8.65. The molecule has 0 fully saturated rings. The standard InChI is InChI=1S/C28H36N.3C25H30N.4CH4/c1-19(2)13-24-16-28(29(7)18-25(24)14-20(3)4)27-17-26(21(5)15-22(27)6)23-11-9-8-10-12-23;1-17(2)12-22-16-26(6)25(14-18(22)3)24-15-23(19(4)13-20(24)5)21-10-8-7-9-11-21;2*1-17(2)12-22-14-25(26(6)16-20(22)5)24-15-23(18(3)13-19(24)4)21-10-8-7-9-11-21;;;;/h8-12,15-20H,13-14H2,1-7H3;3*7-11,13-17H,12H2,1-6H3;4*1H4/q4*+1;;;;/i5D3;4D3,12D2;3D3,5D3,12D2;;;;;. The van der Waals surface area contributed by atoms with Crippen LogP contribution in [-0.2, 0) is 60.2 Å². The molecule has 12 rings (SSSR count). The molecule has 0 aliphatic rings. The molecular formula is C107H142N4+4.